The second kappa shape index (κ2) is 4.79. The van der Waals surface area contributed by atoms with Crippen LogP contribution in [0.5, 0.6) is 0 Å². The largest absolute Gasteiger partial charge is 0.330 e. The number of hydrogen-bond donors (Lipinski definition) is 1. The first-order valence-corrected chi connectivity index (χ1v) is 5.71. The molecule has 0 aliphatic rings. The molecule has 1 aromatic carbocycles. The van der Waals surface area contributed by atoms with Gasteiger partial charge in [0.05, 0.1) is 0 Å². The molecule has 0 aromatic heterocycles. The van der Waals surface area contributed by atoms with E-state index in [1.165, 1.54) is 0 Å². The number of benzene rings is 1. The van der Waals surface area contributed by atoms with E-state index in [4.69, 9.17) is 5.73 Å². The van der Waals surface area contributed by atoms with Crippen molar-refractivity contribution in [1.29, 1.82) is 0 Å². The molecule has 1 unspecified atom stereocenters. The van der Waals surface area contributed by atoms with E-state index in [0.717, 1.165) is 11.1 Å². The number of carbonyl (C=O) groups is 1. The summed E-state index contributed by atoms with van der Waals surface area (Å²) < 4.78 is 0. The van der Waals surface area contributed by atoms with Crippen LogP contribution in [0.3, 0.4) is 0 Å². The zero-order valence-corrected chi connectivity index (χ0v) is 10.6. The predicted octanol–water partition coefficient (Wildman–Crippen LogP) is 2.98. The van der Waals surface area contributed by atoms with Gasteiger partial charge in [-0.05, 0) is 24.1 Å². The third kappa shape index (κ3) is 2.92. The van der Waals surface area contributed by atoms with Crippen molar-refractivity contribution >= 4 is 5.78 Å². The zero-order valence-electron chi connectivity index (χ0n) is 10.6. The van der Waals surface area contributed by atoms with E-state index in [1.807, 2.05) is 45.0 Å². The van der Waals surface area contributed by atoms with Crippen molar-refractivity contribution in [1.82, 2.24) is 0 Å². The Hall–Kier alpha value is -1.15. The molecule has 1 atom stereocenters. The smallest absolute Gasteiger partial charge is 0.168 e. The van der Waals surface area contributed by atoms with Gasteiger partial charge in [0.25, 0.3) is 0 Å². The average molecular weight is 219 g/mol. The van der Waals surface area contributed by atoms with E-state index in [-0.39, 0.29) is 11.2 Å². The van der Waals surface area contributed by atoms with Crippen LogP contribution < -0.4 is 5.73 Å². The summed E-state index contributed by atoms with van der Waals surface area (Å²) in [5.41, 5.74) is 7.22. The van der Waals surface area contributed by atoms with Gasteiger partial charge >= 0.3 is 0 Å². The lowest BCUT2D eigenvalue weighted by Gasteiger charge is -2.18. The summed E-state index contributed by atoms with van der Waals surface area (Å²) in [4.78, 5) is 12.1. The van der Waals surface area contributed by atoms with Crippen molar-refractivity contribution in [3.05, 3.63) is 35.4 Å². The summed E-state index contributed by atoms with van der Waals surface area (Å²) in [6, 6.07) is 7.79. The minimum atomic E-state index is -0.329. The fraction of sp³-hybridized carbons (Fsp3) is 0.500. The van der Waals surface area contributed by atoms with Gasteiger partial charge < -0.3 is 5.73 Å². The van der Waals surface area contributed by atoms with Gasteiger partial charge in [-0.25, -0.2) is 0 Å². The molecule has 0 heterocycles. The van der Waals surface area contributed by atoms with Crippen LogP contribution in [0.25, 0.3) is 0 Å². The van der Waals surface area contributed by atoms with Crippen LogP contribution in [-0.2, 0) is 0 Å². The lowest BCUT2D eigenvalue weighted by atomic mass is 9.85. The highest BCUT2D eigenvalue weighted by Gasteiger charge is 2.23. The molecular formula is C14H21NO. The number of nitrogens with two attached hydrogens (primary N) is 1. The number of carbonyl (C=O) groups excluding carboxylic acids is 1. The minimum Gasteiger partial charge on any atom is -0.330 e. The topological polar surface area (TPSA) is 43.1 Å². The van der Waals surface area contributed by atoms with Crippen LogP contribution >= 0.6 is 0 Å². The van der Waals surface area contributed by atoms with Crippen molar-refractivity contribution in [3.8, 4) is 0 Å². The van der Waals surface area contributed by atoms with Gasteiger partial charge in [-0.3, -0.25) is 4.79 Å². The molecule has 1 aromatic rings. The fourth-order valence-electron chi connectivity index (χ4n) is 1.56. The van der Waals surface area contributed by atoms with Crippen molar-refractivity contribution in [2.24, 2.45) is 11.1 Å². The molecule has 0 bridgehead atoms. The fourth-order valence-corrected chi connectivity index (χ4v) is 1.56. The molecule has 0 saturated carbocycles. The lowest BCUT2D eigenvalue weighted by molar-refractivity contribution is 0.0858. The molecule has 0 amide bonds. The summed E-state index contributed by atoms with van der Waals surface area (Å²) in [6.07, 6.45) is 0. The Morgan fingerprint density at radius 3 is 2.50 bits per heavy atom. The Balaban J connectivity index is 3.04. The van der Waals surface area contributed by atoms with E-state index in [2.05, 4.69) is 6.92 Å². The van der Waals surface area contributed by atoms with Crippen LogP contribution in [0.4, 0.5) is 0 Å². The van der Waals surface area contributed by atoms with Crippen LogP contribution in [0.2, 0.25) is 0 Å². The maximum Gasteiger partial charge on any atom is 0.168 e. The average Bonchev–Trinajstić information content (AvgIpc) is 2.26. The first-order valence-electron chi connectivity index (χ1n) is 5.71. The van der Waals surface area contributed by atoms with Crippen LogP contribution in [-0.4, -0.2) is 12.3 Å². The zero-order chi connectivity index (χ0) is 12.3. The highest BCUT2D eigenvalue weighted by Crippen LogP contribution is 2.23. The van der Waals surface area contributed by atoms with Crippen LogP contribution in [0.15, 0.2) is 24.3 Å². The van der Waals surface area contributed by atoms with E-state index in [0.29, 0.717) is 12.5 Å². The molecule has 2 nitrogen and oxygen atoms in total. The Labute approximate surface area is 97.9 Å². The van der Waals surface area contributed by atoms with E-state index < -0.39 is 0 Å². The standard InChI is InChI=1S/C14H21NO/c1-10(9-15)11-6-5-7-12(8-11)13(16)14(2,3)4/h5-8,10H,9,15H2,1-4H3. The molecule has 0 fully saturated rings. The minimum absolute atomic E-state index is 0.179. The summed E-state index contributed by atoms with van der Waals surface area (Å²) in [7, 11) is 0. The number of Topliss-reactive ketones (excluding diaryl/α,β-unsaturated/α-hetero) is 1. The maximum absolute atomic E-state index is 12.1. The summed E-state index contributed by atoms with van der Waals surface area (Å²) in [5.74, 6) is 0.478. The summed E-state index contributed by atoms with van der Waals surface area (Å²) in [6.45, 7) is 8.49. The van der Waals surface area contributed by atoms with Crippen LogP contribution in [0.1, 0.15) is 49.5 Å². The molecule has 0 saturated heterocycles. The van der Waals surface area contributed by atoms with E-state index in [9.17, 15) is 4.79 Å². The quantitative estimate of drug-likeness (QED) is 0.794. The third-order valence-corrected chi connectivity index (χ3v) is 2.75. The Morgan fingerprint density at radius 1 is 1.38 bits per heavy atom. The van der Waals surface area contributed by atoms with Crippen molar-refractivity contribution < 1.29 is 4.79 Å². The second-order valence-corrected chi connectivity index (χ2v) is 5.34. The van der Waals surface area contributed by atoms with Gasteiger partial charge in [-0.2, -0.15) is 0 Å². The summed E-state index contributed by atoms with van der Waals surface area (Å²) >= 11 is 0. The van der Waals surface area contributed by atoms with Gasteiger partial charge in [0.2, 0.25) is 0 Å². The normalized spacial score (nSPS) is 13.6. The maximum atomic E-state index is 12.1. The van der Waals surface area contributed by atoms with Gasteiger partial charge in [0.15, 0.2) is 5.78 Å². The monoisotopic (exact) mass is 219 g/mol. The first-order chi connectivity index (χ1) is 7.36. The highest BCUT2D eigenvalue weighted by molar-refractivity contribution is 5.99. The van der Waals surface area contributed by atoms with Crippen molar-refractivity contribution in [3.63, 3.8) is 0 Å². The molecule has 0 aliphatic carbocycles. The van der Waals surface area contributed by atoms with Gasteiger partial charge in [0.1, 0.15) is 0 Å². The molecule has 0 spiro atoms. The number of rotatable bonds is 3. The SMILES string of the molecule is CC(CN)c1cccc(C(=O)C(C)(C)C)c1. The molecular weight excluding hydrogens is 198 g/mol. The Morgan fingerprint density at radius 2 is 2.00 bits per heavy atom. The Bertz CT molecular complexity index is 377. The Kier molecular flexibility index (Phi) is 3.87. The van der Waals surface area contributed by atoms with E-state index in [1.54, 1.807) is 0 Å². The van der Waals surface area contributed by atoms with Crippen molar-refractivity contribution in [2.45, 2.75) is 33.6 Å². The van der Waals surface area contributed by atoms with Gasteiger partial charge in [0, 0.05) is 11.0 Å². The van der Waals surface area contributed by atoms with E-state index >= 15 is 0 Å². The molecule has 0 aliphatic heterocycles. The number of hydrogen-bond acceptors (Lipinski definition) is 2. The molecule has 88 valence electrons. The van der Waals surface area contributed by atoms with Gasteiger partial charge in [-0.15, -0.1) is 0 Å². The highest BCUT2D eigenvalue weighted by atomic mass is 16.1. The summed E-state index contributed by atoms with van der Waals surface area (Å²) in [5, 5.41) is 0. The van der Waals surface area contributed by atoms with Gasteiger partial charge in [-0.1, -0.05) is 45.9 Å². The third-order valence-electron chi connectivity index (χ3n) is 2.75. The van der Waals surface area contributed by atoms with Crippen molar-refractivity contribution in [2.75, 3.05) is 6.54 Å². The first kappa shape index (κ1) is 12.9. The molecule has 0 radical (unpaired) electrons. The molecule has 16 heavy (non-hydrogen) atoms. The predicted molar refractivity (Wildman–Crippen MR) is 67.7 cm³/mol. The molecule has 2 heteroatoms. The van der Waals surface area contributed by atoms with Crippen LogP contribution in [0, 0.1) is 5.41 Å². The second-order valence-electron chi connectivity index (χ2n) is 5.34. The molecule has 1 rings (SSSR count). The lowest BCUT2D eigenvalue weighted by Crippen LogP contribution is -2.20. The molecule has 2 N–H and O–H groups in total. The number of ketones is 1.